The first-order chi connectivity index (χ1) is 9.87. The standard InChI is InChI=1S/C14H16ClN3O2S/c1-10(2)17-14-8-5-12(9-16-14)18-21(19,20)13-6-3-11(15)4-7-13/h3-10,18H,1-2H3,(H,16,17). The number of nitrogens with zero attached hydrogens (tertiary/aromatic N) is 1. The maximum atomic E-state index is 12.2. The van der Waals surface area contributed by atoms with Crippen molar-refractivity contribution in [2.75, 3.05) is 10.0 Å². The minimum absolute atomic E-state index is 0.149. The van der Waals surface area contributed by atoms with E-state index >= 15 is 0 Å². The molecule has 0 fully saturated rings. The van der Waals surface area contributed by atoms with E-state index in [1.165, 1.54) is 30.5 Å². The molecule has 0 aliphatic heterocycles. The summed E-state index contributed by atoms with van der Waals surface area (Å²) < 4.78 is 26.8. The molecular weight excluding hydrogens is 310 g/mol. The van der Waals surface area contributed by atoms with E-state index in [-0.39, 0.29) is 10.9 Å². The first-order valence-electron chi connectivity index (χ1n) is 6.38. The van der Waals surface area contributed by atoms with Gasteiger partial charge in [-0.05, 0) is 50.2 Å². The number of hydrogen-bond acceptors (Lipinski definition) is 4. The van der Waals surface area contributed by atoms with Gasteiger partial charge in [0.15, 0.2) is 0 Å². The molecule has 5 nitrogen and oxygen atoms in total. The molecular formula is C14H16ClN3O2S. The van der Waals surface area contributed by atoms with Gasteiger partial charge in [0.25, 0.3) is 10.0 Å². The lowest BCUT2D eigenvalue weighted by Gasteiger charge is -2.11. The fraction of sp³-hybridized carbons (Fsp3) is 0.214. The van der Waals surface area contributed by atoms with Gasteiger partial charge >= 0.3 is 0 Å². The van der Waals surface area contributed by atoms with Crippen LogP contribution < -0.4 is 10.0 Å². The van der Waals surface area contributed by atoms with E-state index in [0.717, 1.165) is 0 Å². The number of aromatic nitrogens is 1. The third-order valence-corrected chi connectivity index (χ3v) is 4.23. The molecule has 0 spiro atoms. The second kappa shape index (κ2) is 6.32. The van der Waals surface area contributed by atoms with Gasteiger partial charge < -0.3 is 5.32 Å². The van der Waals surface area contributed by atoms with E-state index in [0.29, 0.717) is 16.5 Å². The Balaban J connectivity index is 2.15. The van der Waals surface area contributed by atoms with Gasteiger partial charge in [-0.1, -0.05) is 11.6 Å². The highest BCUT2D eigenvalue weighted by Gasteiger charge is 2.14. The number of rotatable bonds is 5. The van der Waals surface area contributed by atoms with Crippen LogP contribution in [0, 0.1) is 0 Å². The Kier molecular flexibility index (Phi) is 4.69. The van der Waals surface area contributed by atoms with Crippen LogP contribution in [-0.4, -0.2) is 19.4 Å². The lowest BCUT2D eigenvalue weighted by molar-refractivity contribution is 0.601. The van der Waals surface area contributed by atoms with Crippen LogP contribution in [0.3, 0.4) is 0 Å². The Morgan fingerprint density at radius 2 is 1.76 bits per heavy atom. The van der Waals surface area contributed by atoms with E-state index in [1.54, 1.807) is 12.1 Å². The van der Waals surface area contributed by atoms with Gasteiger partial charge in [-0.3, -0.25) is 4.72 Å². The van der Waals surface area contributed by atoms with Gasteiger partial charge in [0.05, 0.1) is 16.8 Å². The fourth-order valence-electron chi connectivity index (χ4n) is 1.66. The first kappa shape index (κ1) is 15.6. The largest absolute Gasteiger partial charge is 0.368 e. The summed E-state index contributed by atoms with van der Waals surface area (Å²) in [6, 6.07) is 9.60. The maximum absolute atomic E-state index is 12.2. The minimum atomic E-state index is -3.64. The van der Waals surface area contributed by atoms with Crippen molar-refractivity contribution in [3.63, 3.8) is 0 Å². The molecule has 0 unspecified atom stereocenters. The zero-order chi connectivity index (χ0) is 15.5. The van der Waals surface area contributed by atoms with Crippen LogP contribution >= 0.6 is 11.6 Å². The van der Waals surface area contributed by atoms with E-state index in [4.69, 9.17) is 11.6 Å². The van der Waals surface area contributed by atoms with E-state index < -0.39 is 10.0 Å². The molecule has 2 rings (SSSR count). The Hall–Kier alpha value is -1.79. The zero-order valence-electron chi connectivity index (χ0n) is 11.7. The number of nitrogens with one attached hydrogen (secondary N) is 2. The Bertz CT molecular complexity index is 698. The lowest BCUT2D eigenvalue weighted by atomic mass is 10.3. The molecule has 7 heteroatoms. The second-order valence-electron chi connectivity index (χ2n) is 4.79. The summed E-state index contributed by atoms with van der Waals surface area (Å²) in [5.41, 5.74) is 0.402. The highest BCUT2D eigenvalue weighted by atomic mass is 35.5. The van der Waals surface area contributed by atoms with E-state index in [1.807, 2.05) is 13.8 Å². The zero-order valence-corrected chi connectivity index (χ0v) is 13.2. The van der Waals surface area contributed by atoms with E-state index in [9.17, 15) is 8.42 Å². The highest BCUT2D eigenvalue weighted by Crippen LogP contribution is 2.18. The summed E-state index contributed by atoms with van der Waals surface area (Å²) in [5.74, 6) is 0.694. The van der Waals surface area contributed by atoms with Crippen molar-refractivity contribution in [3.05, 3.63) is 47.6 Å². The number of sulfonamides is 1. The molecule has 0 saturated carbocycles. The third kappa shape index (κ3) is 4.34. The molecule has 112 valence electrons. The summed E-state index contributed by atoms with van der Waals surface area (Å²) in [5, 5.41) is 3.62. The van der Waals surface area contributed by atoms with Crippen molar-refractivity contribution in [1.29, 1.82) is 0 Å². The van der Waals surface area contributed by atoms with Crippen molar-refractivity contribution in [2.45, 2.75) is 24.8 Å². The number of anilines is 2. The van der Waals surface area contributed by atoms with Crippen LogP contribution in [0.1, 0.15) is 13.8 Å². The molecule has 1 heterocycles. The lowest BCUT2D eigenvalue weighted by Crippen LogP contribution is -2.14. The molecule has 1 aromatic carbocycles. The summed E-state index contributed by atoms with van der Waals surface area (Å²) in [7, 11) is -3.64. The Morgan fingerprint density at radius 3 is 2.29 bits per heavy atom. The molecule has 1 aromatic heterocycles. The molecule has 0 atom stereocenters. The SMILES string of the molecule is CC(C)Nc1ccc(NS(=O)(=O)c2ccc(Cl)cc2)cn1. The van der Waals surface area contributed by atoms with Crippen LogP contribution in [-0.2, 0) is 10.0 Å². The molecule has 21 heavy (non-hydrogen) atoms. The summed E-state index contributed by atoms with van der Waals surface area (Å²) in [6.07, 6.45) is 1.47. The Labute approximate surface area is 129 Å². The predicted octanol–water partition coefficient (Wildman–Crippen LogP) is 3.36. The van der Waals surface area contributed by atoms with Crippen molar-refractivity contribution >= 4 is 33.1 Å². The van der Waals surface area contributed by atoms with Crippen LogP contribution in [0.15, 0.2) is 47.5 Å². The quantitative estimate of drug-likeness (QED) is 0.884. The monoisotopic (exact) mass is 325 g/mol. The van der Waals surface area contributed by atoms with Gasteiger partial charge in [0.2, 0.25) is 0 Å². The Morgan fingerprint density at radius 1 is 1.10 bits per heavy atom. The number of benzene rings is 1. The number of halogens is 1. The first-order valence-corrected chi connectivity index (χ1v) is 8.24. The fourth-order valence-corrected chi connectivity index (χ4v) is 2.83. The molecule has 0 aliphatic carbocycles. The summed E-state index contributed by atoms with van der Waals surface area (Å²) in [4.78, 5) is 4.30. The smallest absolute Gasteiger partial charge is 0.261 e. The van der Waals surface area contributed by atoms with Crippen molar-refractivity contribution in [1.82, 2.24) is 4.98 Å². The molecule has 0 saturated heterocycles. The second-order valence-corrected chi connectivity index (χ2v) is 6.91. The summed E-state index contributed by atoms with van der Waals surface area (Å²) in [6.45, 7) is 4.00. The third-order valence-electron chi connectivity index (χ3n) is 2.58. The molecule has 2 N–H and O–H groups in total. The summed E-state index contributed by atoms with van der Waals surface area (Å²) >= 11 is 5.75. The van der Waals surface area contributed by atoms with Gasteiger partial charge in [0.1, 0.15) is 5.82 Å². The normalized spacial score (nSPS) is 11.4. The number of pyridine rings is 1. The highest BCUT2D eigenvalue weighted by molar-refractivity contribution is 7.92. The van der Waals surface area contributed by atoms with Crippen molar-refractivity contribution < 1.29 is 8.42 Å². The maximum Gasteiger partial charge on any atom is 0.261 e. The molecule has 0 amide bonds. The van der Waals surface area contributed by atoms with Gasteiger partial charge in [-0.25, -0.2) is 13.4 Å². The molecule has 0 aliphatic rings. The van der Waals surface area contributed by atoms with E-state index in [2.05, 4.69) is 15.0 Å². The van der Waals surface area contributed by atoms with Crippen LogP contribution in [0.5, 0.6) is 0 Å². The molecule has 0 bridgehead atoms. The van der Waals surface area contributed by atoms with Crippen LogP contribution in [0.4, 0.5) is 11.5 Å². The topological polar surface area (TPSA) is 71.1 Å². The van der Waals surface area contributed by atoms with Crippen LogP contribution in [0.2, 0.25) is 5.02 Å². The van der Waals surface area contributed by atoms with Gasteiger partial charge in [-0.2, -0.15) is 0 Å². The van der Waals surface area contributed by atoms with Crippen LogP contribution in [0.25, 0.3) is 0 Å². The van der Waals surface area contributed by atoms with Gasteiger partial charge in [0, 0.05) is 11.1 Å². The molecule has 0 radical (unpaired) electrons. The average molecular weight is 326 g/mol. The minimum Gasteiger partial charge on any atom is -0.368 e. The van der Waals surface area contributed by atoms with Crippen molar-refractivity contribution in [3.8, 4) is 0 Å². The average Bonchev–Trinajstić information content (AvgIpc) is 2.40. The predicted molar refractivity (Wildman–Crippen MR) is 85.3 cm³/mol. The number of hydrogen-bond donors (Lipinski definition) is 2. The van der Waals surface area contributed by atoms with Crippen molar-refractivity contribution in [2.24, 2.45) is 0 Å². The molecule has 2 aromatic rings. The van der Waals surface area contributed by atoms with Gasteiger partial charge in [-0.15, -0.1) is 0 Å².